The normalized spacial score (nSPS) is 33.0. The molecule has 0 aromatic heterocycles. The number of thioether (sulfide) groups is 1. The Hall–Kier alpha value is -1.14. The van der Waals surface area contributed by atoms with Crippen LogP contribution < -0.4 is 10.6 Å². The second kappa shape index (κ2) is 6.88. The van der Waals surface area contributed by atoms with Crippen LogP contribution >= 0.6 is 11.8 Å². The van der Waals surface area contributed by atoms with Crippen molar-refractivity contribution in [3.05, 3.63) is 24.3 Å². The van der Waals surface area contributed by atoms with E-state index in [0.29, 0.717) is 34.4 Å². The van der Waals surface area contributed by atoms with Crippen LogP contribution in [-0.4, -0.2) is 23.7 Å². The van der Waals surface area contributed by atoms with Crippen LogP contribution in [0.2, 0.25) is 0 Å². The van der Waals surface area contributed by atoms with Crippen LogP contribution in [0, 0.1) is 17.8 Å². The smallest absolute Gasteiger partial charge is 0.288 e. The number of hydrogen-bond acceptors (Lipinski definition) is 2. The monoisotopic (exact) mass is 367 g/mol. The maximum absolute atomic E-state index is 12.3. The van der Waals surface area contributed by atoms with Crippen molar-refractivity contribution >= 4 is 23.4 Å². The number of quaternary nitrogens is 1. The third-order valence-corrected chi connectivity index (χ3v) is 6.89. The third-order valence-electron chi connectivity index (χ3n) is 6.17. The summed E-state index contributed by atoms with van der Waals surface area (Å²) in [7, 11) is 0. The number of nitrogens with one attached hydrogen (secondary N) is 1. The van der Waals surface area contributed by atoms with E-state index in [0.717, 1.165) is 17.8 Å². The van der Waals surface area contributed by atoms with E-state index < -0.39 is 5.76 Å². The number of benzene rings is 1. The van der Waals surface area contributed by atoms with Gasteiger partial charge in [0.2, 0.25) is 0 Å². The molecule has 0 heterocycles. The highest BCUT2D eigenvalue weighted by molar-refractivity contribution is 7.99. The summed E-state index contributed by atoms with van der Waals surface area (Å²) in [6, 6.07) is 6.62. The van der Waals surface area contributed by atoms with E-state index >= 15 is 0 Å². The molecule has 136 valence electrons. The first-order valence-corrected chi connectivity index (χ1v) is 10.1. The van der Waals surface area contributed by atoms with Gasteiger partial charge in [0.05, 0.1) is 5.54 Å². The van der Waals surface area contributed by atoms with Crippen molar-refractivity contribution in [3.63, 3.8) is 0 Å². The lowest BCUT2D eigenvalue weighted by Gasteiger charge is -2.54. The van der Waals surface area contributed by atoms with Gasteiger partial charge in [-0.2, -0.15) is 8.78 Å². The van der Waals surface area contributed by atoms with Gasteiger partial charge in [-0.05, 0) is 61.3 Å². The Kier molecular flexibility index (Phi) is 4.75. The topological polar surface area (TPSA) is 45.7 Å². The Labute approximate surface area is 151 Å². The van der Waals surface area contributed by atoms with Crippen LogP contribution in [0.5, 0.6) is 0 Å². The Morgan fingerprint density at radius 1 is 1.12 bits per heavy atom. The molecule has 4 fully saturated rings. The molecule has 1 amide bonds. The molecule has 0 atom stereocenters. The van der Waals surface area contributed by atoms with Crippen molar-refractivity contribution in [3.8, 4) is 0 Å². The lowest BCUT2D eigenvalue weighted by Crippen LogP contribution is -3.00. The number of amides is 1. The lowest BCUT2D eigenvalue weighted by molar-refractivity contribution is -0.729. The summed E-state index contributed by atoms with van der Waals surface area (Å²) < 4.78 is 24.7. The van der Waals surface area contributed by atoms with E-state index in [2.05, 4.69) is 10.6 Å². The minimum absolute atomic E-state index is 0.00925. The van der Waals surface area contributed by atoms with E-state index in [1.807, 2.05) is 0 Å². The zero-order valence-corrected chi connectivity index (χ0v) is 15.0. The lowest BCUT2D eigenvalue weighted by atomic mass is 9.53. The number of hydrogen-bond donors (Lipinski definition) is 2. The molecule has 6 heteroatoms. The molecule has 0 saturated heterocycles. The number of anilines is 1. The molecule has 3 nitrogen and oxygen atoms in total. The average molecular weight is 367 g/mol. The molecule has 25 heavy (non-hydrogen) atoms. The van der Waals surface area contributed by atoms with Crippen LogP contribution in [0.3, 0.4) is 0 Å². The van der Waals surface area contributed by atoms with Gasteiger partial charge in [-0.1, -0.05) is 11.8 Å². The summed E-state index contributed by atoms with van der Waals surface area (Å²) in [6.45, 7) is 0.444. The first kappa shape index (κ1) is 17.3. The highest BCUT2D eigenvalue weighted by Gasteiger charge is 2.53. The molecule has 5 rings (SSSR count). The minimum Gasteiger partial charge on any atom is -0.334 e. The first-order chi connectivity index (χ1) is 12.0. The van der Waals surface area contributed by atoms with Crippen molar-refractivity contribution in [2.24, 2.45) is 17.8 Å². The fourth-order valence-corrected chi connectivity index (χ4v) is 6.17. The molecule has 4 aliphatic carbocycles. The minimum atomic E-state index is -2.42. The molecule has 1 aromatic carbocycles. The van der Waals surface area contributed by atoms with Crippen LogP contribution in [-0.2, 0) is 4.79 Å². The molecular weight excluding hydrogens is 342 g/mol. The van der Waals surface area contributed by atoms with Crippen molar-refractivity contribution in [1.29, 1.82) is 0 Å². The molecule has 4 bridgehead atoms. The zero-order chi connectivity index (χ0) is 17.4. The largest absolute Gasteiger partial charge is 0.334 e. The average Bonchev–Trinajstić information content (AvgIpc) is 2.53. The van der Waals surface area contributed by atoms with Crippen LogP contribution in [0.1, 0.15) is 38.5 Å². The van der Waals surface area contributed by atoms with Gasteiger partial charge < -0.3 is 10.6 Å². The molecule has 1 aromatic rings. The van der Waals surface area contributed by atoms with Gasteiger partial charge in [0.15, 0.2) is 6.54 Å². The van der Waals surface area contributed by atoms with Crippen LogP contribution in [0.25, 0.3) is 0 Å². The first-order valence-electron chi connectivity index (χ1n) is 9.19. The number of nitrogens with two attached hydrogens (primary N) is 1. The quantitative estimate of drug-likeness (QED) is 0.756. The van der Waals surface area contributed by atoms with Crippen molar-refractivity contribution in [2.45, 2.75) is 54.7 Å². The Morgan fingerprint density at radius 2 is 1.68 bits per heavy atom. The molecule has 4 saturated carbocycles. The standard InChI is InChI=1S/C19H24F2N2OS/c20-18(21)25-16-3-1-15(2-4-16)23-17(24)11-22-19-8-12-5-13(9-19)7-14(6-12)10-19/h1-4,12-14,18,22H,5-11H2,(H,23,24)/p+1. The summed E-state index contributed by atoms with van der Waals surface area (Å²) in [5.74, 6) is 0.210. The van der Waals surface area contributed by atoms with Gasteiger partial charge in [0.25, 0.3) is 11.7 Å². The molecule has 3 N–H and O–H groups in total. The van der Waals surface area contributed by atoms with Crippen LogP contribution in [0.4, 0.5) is 14.5 Å². The van der Waals surface area contributed by atoms with E-state index in [9.17, 15) is 13.6 Å². The van der Waals surface area contributed by atoms with E-state index in [4.69, 9.17) is 0 Å². The number of carbonyl (C=O) groups is 1. The maximum atomic E-state index is 12.3. The molecule has 0 aliphatic heterocycles. The second-order valence-electron chi connectivity index (χ2n) is 8.14. The Bertz CT molecular complexity index is 600. The van der Waals surface area contributed by atoms with Gasteiger partial charge in [-0.15, -0.1) is 0 Å². The summed E-state index contributed by atoms with van der Waals surface area (Å²) in [5.41, 5.74) is 0.964. The number of alkyl halides is 2. The van der Waals surface area contributed by atoms with Gasteiger partial charge in [-0.3, -0.25) is 4.79 Å². The van der Waals surface area contributed by atoms with Crippen molar-refractivity contribution < 1.29 is 18.9 Å². The maximum Gasteiger partial charge on any atom is 0.288 e. The van der Waals surface area contributed by atoms with Gasteiger partial charge >= 0.3 is 0 Å². The predicted octanol–water partition coefficient (Wildman–Crippen LogP) is 3.47. The number of halogens is 2. The van der Waals surface area contributed by atoms with Gasteiger partial charge in [0, 0.05) is 29.8 Å². The highest BCUT2D eigenvalue weighted by atomic mass is 32.2. The predicted molar refractivity (Wildman–Crippen MR) is 94.6 cm³/mol. The van der Waals surface area contributed by atoms with E-state index in [-0.39, 0.29) is 5.91 Å². The molecule has 0 radical (unpaired) electrons. The van der Waals surface area contributed by atoms with Crippen LogP contribution in [0.15, 0.2) is 29.2 Å². The van der Waals surface area contributed by atoms with Gasteiger partial charge in [-0.25, -0.2) is 0 Å². The Morgan fingerprint density at radius 3 is 2.20 bits per heavy atom. The molecular formula is C19H25F2N2OS+. The Balaban J connectivity index is 1.29. The molecule has 4 aliphatic rings. The summed E-state index contributed by atoms with van der Waals surface area (Å²) in [4.78, 5) is 12.8. The van der Waals surface area contributed by atoms with Gasteiger partial charge in [0.1, 0.15) is 0 Å². The fraction of sp³-hybridized carbons (Fsp3) is 0.632. The van der Waals surface area contributed by atoms with Crippen molar-refractivity contribution in [1.82, 2.24) is 0 Å². The van der Waals surface area contributed by atoms with E-state index in [1.54, 1.807) is 24.3 Å². The third kappa shape index (κ3) is 4.00. The fourth-order valence-electron chi connectivity index (χ4n) is 5.67. The van der Waals surface area contributed by atoms with E-state index in [1.165, 1.54) is 38.5 Å². The number of rotatable bonds is 6. The molecule has 0 spiro atoms. The second-order valence-corrected chi connectivity index (χ2v) is 9.20. The zero-order valence-electron chi connectivity index (χ0n) is 14.2. The number of carbonyl (C=O) groups excluding carboxylic acids is 1. The highest BCUT2D eigenvalue weighted by Crippen LogP contribution is 2.54. The summed E-state index contributed by atoms with van der Waals surface area (Å²) in [6.07, 6.45) is 8.02. The summed E-state index contributed by atoms with van der Waals surface area (Å²) >= 11 is 0.516. The van der Waals surface area contributed by atoms with Crippen molar-refractivity contribution in [2.75, 3.05) is 11.9 Å². The summed E-state index contributed by atoms with van der Waals surface area (Å²) in [5, 5.41) is 5.17. The molecule has 0 unspecified atom stereocenters. The SMILES string of the molecule is O=C(C[NH2+]C12CC3CC(CC(C3)C1)C2)Nc1ccc(SC(F)F)cc1.